The lowest BCUT2D eigenvalue weighted by atomic mass is 10.1. The van der Waals surface area contributed by atoms with Gasteiger partial charge in [0.2, 0.25) is 0 Å². The summed E-state index contributed by atoms with van der Waals surface area (Å²) < 4.78 is 5.60. The average Bonchev–Trinajstić information content (AvgIpc) is 2.57. The van der Waals surface area contributed by atoms with E-state index in [2.05, 4.69) is 0 Å². The predicted octanol–water partition coefficient (Wildman–Crippen LogP) is 3.46. The highest BCUT2D eigenvalue weighted by atomic mass is 16.5. The lowest BCUT2D eigenvalue weighted by Gasteiger charge is -2.16. The van der Waals surface area contributed by atoms with E-state index in [9.17, 15) is 4.79 Å². The Morgan fingerprint density at radius 3 is 2.50 bits per heavy atom. The second kappa shape index (κ2) is 5.89. The molecule has 0 aliphatic heterocycles. The van der Waals surface area contributed by atoms with E-state index in [1.165, 1.54) is 25.7 Å². The highest BCUT2D eigenvalue weighted by molar-refractivity contribution is 5.91. The van der Waals surface area contributed by atoms with Crippen LogP contribution in [0.25, 0.3) is 0 Å². The third-order valence-electron chi connectivity index (χ3n) is 3.55. The quantitative estimate of drug-likeness (QED) is 0.494. The van der Waals surface area contributed by atoms with Crippen LogP contribution < -0.4 is 5.73 Å². The summed E-state index contributed by atoms with van der Waals surface area (Å²) in [5, 5.41) is 0. The van der Waals surface area contributed by atoms with Gasteiger partial charge >= 0.3 is 5.97 Å². The van der Waals surface area contributed by atoms with Crippen molar-refractivity contribution < 1.29 is 9.53 Å². The second-order valence-electron chi connectivity index (χ2n) is 5.09. The Labute approximate surface area is 108 Å². The van der Waals surface area contributed by atoms with Crippen LogP contribution in [0.5, 0.6) is 0 Å². The van der Waals surface area contributed by atoms with Gasteiger partial charge in [0.1, 0.15) is 6.10 Å². The summed E-state index contributed by atoms with van der Waals surface area (Å²) in [5.74, 6) is -0.209. The van der Waals surface area contributed by atoms with E-state index >= 15 is 0 Å². The smallest absolute Gasteiger partial charge is 0.338 e. The zero-order chi connectivity index (χ0) is 13.0. The average molecular weight is 247 g/mol. The molecule has 2 rings (SSSR count). The molecule has 1 aliphatic rings. The normalized spacial score (nSPS) is 17.2. The van der Waals surface area contributed by atoms with E-state index in [4.69, 9.17) is 10.5 Å². The third-order valence-corrected chi connectivity index (χ3v) is 3.55. The molecule has 1 fully saturated rings. The van der Waals surface area contributed by atoms with Crippen LogP contribution in [0.1, 0.15) is 54.4 Å². The molecular weight excluding hydrogens is 226 g/mol. The number of ether oxygens (including phenoxy) is 1. The molecule has 0 atom stereocenters. The third kappa shape index (κ3) is 3.25. The topological polar surface area (TPSA) is 52.3 Å². The number of nitrogens with two attached hydrogens (primary N) is 1. The van der Waals surface area contributed by atoms with Gasteiger partial charge in [-0.15, -0.1) is 0 Å². The first kappa shape index (κ1) is 12.9. The SMILES string of the molecule is Cc1cc(N)ccc1C(=O)OC1CCCCCC1. The minimum absolute atomic E-state index is 0.0944. The molecule has 1 aromatic rings. The maximum atomic E-state index is 12.1. The Balaban J connectivity index is 2.02. The van der Waals surface area contributed by atoms with Crippen LogP contribution in [-0.2, 0) is 4.74 Å². The van der Waals surface area contributed by atoms with Crippen molar-refractivity contribution in [2.24, 2.45) is 0 Å². The van der Waals surface area contributed by atoms with Gasteiger partial charge in [0.15, 0.2) is 0 Å². The van der Waals surface area contributed by atoms with Crippen molar-refractivity contribution >= 4 is 11.7 Å². The molecule has 3 heteroatoms. The van der Waals surface area contributed by atoms with Crippen molar-refractivity contribution in [2.75, 3.05) is 5.73 Å². The Bertz CT molecular complexity index is 421. The molecule has 0 bridgehead atoms. The fourth-order valence-electron chi connectivity index (χ4n) is 2.49. The number of carbonyl (C=O) groups is 1. The summed E-state index contributed by atoms with van der Waals surface area (Å²) in [5.41, 5.74) is 7.88. The maximum Gasteiger partial charge on any atom is 0.338 e. The van der Waals surface area contributed by atoms with Crippen LogP contribution in [0.15, 0.2) is 18.2 Å². The molecule has 0 aromatic heterocycles. The number of hydrogen-bond acceptors (Lipinski definition) is 3. The first-order chi connectivity index (χ1) is 8.66. The zero-order valence-electron chi connectivity index (χ0n) is 10.9. The summed E-state index contributed by atoms with van der Waals surface area (Å²) in [4.78, 5) is 12.1. The van der Waals surface area contributed by atoms with Gasteiger partial charge in [0.05, 0.1) is 5.56 Å². The second-order valence-corrected chi connectivity index (χ2v) is 5.09. The van der Waals surface area contributed by atoms with Gasteiger partial charge < -0.3 is 10.5 Å². The first-order valence-electron chi connectivity index (χ1n) is 6.74. The van der Waals surface area contributed by atoms with Crippen LogP contribution >= 0.6 is 0 Å². The Hall–Kier alpha value is -1.51. The summed E-state index contributed by atoms with van der Waals surface area (Å²) in [6, 6.07) is 5.31. The fraction of sp³-hybridized carbons (Fsp3) is 0.533. The van der Waals surface area contributed by atoms with E-state index in [1.807, 2.05) is 13.0 Å². The predicted molar refractivity (Wildman–Crippen MR) is 72.5 cm³/mol. The standard InChI is InChI=1S/C15H21NO2/c1-11-10-12(16)8-9-14(11)15(17)18-13-6-4-2-3-5-7-13/h8-10,13H,2-7,16H2,1H3. The number of benzene rings is 1. The minimum atomic E-state index is -0.209. The molecule has 0 spiro atoms. The molecule has 1 aliphatic carbocycles. The molecule has 98 valence electrons. The van der Waals surface area contributed by atoms with Crippen LogP contribution in [0.2, 0.25) is 0 Å². The lowest BCUT2D eigenvalue weighted by Crippen LogP contribution is -2.18. The van der Waals surface area contributed by atoms with Crippen molar-refractivity contribution in [1.29, 1.82) is 0 Å². The van der Waals surface area contributed by atoms with Gasteiger partial charge in [-0.1, -0.05) is 12.8 Å². The number of hydrogen-bond donors (Lipinski definition) is 1. The summed E-state index contributed by atoms with van der Waals surface area (Å²) >= 11 is 0. The zero-order valence-corrected chi connectivity index (χ0v) is 10.9. The number of aryl methyl sites for hydroxylation is 1. The minimum Gasteiger partial charge on any atom is -0.459 e. The van der Waals surface area contributed by atoms with Gasteiger partial charge in [-0.05, 0) is 56.4 Å². The van der Waals surface area contributed by atoms with Crippen LogP contribution in [0.3, 0.4) is 0 Å². The van der Waals surface area contributed by atoms with Crippen molar-refractivity contribution in [1.82, 2.24) is 0 Å². The van der Waals surface area contributed by atoms with Gasteiger partial charge in [-0.3, -0.25) is 0 Å². The fourth-order valence-corrected chi connectivity index (χ4v) is 2.49. The number of rotatable bonds is 2. The maximum absolute atomic E-state index is 12.1. The summed E-state index contributed by atoms with van der Waals surface area (Å²) in [7, 11) is 0. The highest BCUT2D eigenvalue weighted by Gasteiger charge is 2.18. The van der Waals surface area contributed by atoms with E-state index in [0.717, 1.165) is 18.4 Å². The van der Waals surface area contributed by atoms with Crippen molar-refractivity contribution in [3.05, 3.63) is 29.3 Å². The van der Waals surface area contributed by atoms with Gasteiger partial charge in [0, 0.05) is 5.69 Å². The molecule has 3 nitrogen and oxygen atoms in total. The van der Waals surface area contributed by atoms with Crippen molar-refractivity contribution in [3.63, 3.8) is 0 Å². The monoisotopic (exact) mass is 247 g/mol. The molecule has 1 aromatic carbocycles. The molecule has 2 N–H and O–H groups in total. The largest absolute Gasteiger partial charge is 0.459 e. The number of esters is 1. The van der Waals surface area contributed by atoms with Crippen molar-refractivity contribution in [2.45, 2.75) is 51.6 Å². The molecule has 0 amide bonds. The van der Waals surface area contributed by atoms with Gasteiger partial charge in [-0.2, -0.15) is 0 Å². The Morgan fingerprint density at radius 2 is 1.89 bits per heavy atom. The van der Waals surface area contributed by atoms with E-state index in [-0.39, 0.29) is 12.1 Å². The first-order valence-corrected chi connectivity index (χ1v) is 6.74. The summed E-state index contributed by atoms with van der Waals surface area (Å²) in [6.45, 7) is 1.89. The van der Waals surface area contributed by atoms with Crippen LogP contribution in [0.4, 0.5) is 5.69 Å². The molecule has 0 saturated heterocycles. The van der Waals surface area contributed by atoms with Gasteiger partial charge in [0.25, 0.3) is 0 Å². The molecule has 1 saturated carbocycles. The van der Waals surface area contributed by atoms with E-state index < -0.39 is 0 Å². The van der Waals surface area contributed by atoms with E-state index in [1.54, 1.807) is 12.1 Å². The van der Waals surface area contributed by atoms with Gasteiger partial charge in [-0.25, -0.2) is 4.79 Å². The summed E-state index contributed by atoms with van der Waals surface area (Å²) in [6.07, 6.45) is 6.94. The highest BCUT2D eigenvalue weighted by Crippen LogP contribution is 2.22. The number of carbonyl (C=O) groups excluding carboxylic acids is 1. The number of nitrogen functional groups attached to an aromatic ring is 1. The molecule has 0 radical (unpaired) electrons. The van der Waals surface area contributed by atoms with Crippen LogP contribution in [0, 0.1) is 6.92 Å². The lowest BCUT2D eigenvalue weighted by molar-refractivity contribution is 0.0266. The number of anilines is 1. The molecule has 0 unspecified atom stereocenters. The van der Waals surface area contributed by atoms with Crippen molar-refractivity contribution in [3.8, 4) is 0 Å². The molecular formula is C15H21NO2. The Kier molecular flexibility index (Phi) is 4.24. The molecule has 18 heavy (non-hydrogen) atoms. The molecule has 0 heterocycles. The Morgan fingerprint density at radius 1 is 1.22 bits per heavy atom. The van der Waals surface area contributed by atoms with Crippen LogP contribution in [-0.4, -0.2) is 12.1 Å². The van der Waals surface area contributed by atoms with E-state index in [0.29, 0.717) is 11.3 Å².